The molecule has 0 fully saturated rings. The summed E-state index contributed by atoms with van der Waals surface area (Å²) in [5.74, 6) is 0. The van der Waals surface area contributed by atoms with Gasteiger partial charge in [-0.3, -0.25) is 4.98 Å². The van der Waals surface area contributed by atoms with E-state index in [1.54, 1.807) is 12.4 Å². The second kappa shape index (κ2) is 6.51. The summed E-state index contributed by atoms with van der Waals surface area (Å²) in [6, 6.07) is 3.94. The average Bonchev–Trinajstić information content (AvgIpc) is 2.20. The van der Waals surface area contributed by atoms with E-state index in [1.807, 2.05) is 12.1 Å². The van der Waals surface area contributed by atoms with Crippen molar-refractivity contribution in [2.45, 2.75) is 32.4 Å². The lowest BCUT2D eigenvalue weighted by atomic mass is 10.2. The van der Waals surface area contributed by atoms with Crippen LogP contribution in [-0.4, -0.2) is 22.7 Å². The third kappa shape index (κ3) is 4.35. The van der Waals surface area contributed by atoms with Gasteiger partial charge in [-0.15, -0.1) is 0 Å². The average molecular weight is 194 g/mol. The number of nitrogens with one attached hydrogen (secondary N) is 1. The summed E-state index contributed by atoms with van der Waals surface area (Å²) >= 11 is 0. The third-order valence-electron chi connectivity index (χ3n) is 2.08. The first kappa shape index (κ1) is 11.1. The van der Waals surface area contributed by atoms with Crippen LogP contribution >= 0.6 is 0 Å². The van der Waals surface area contributed by atoms with Gasteiger partial charge in [0, 0.05) is 25.5 Å². The Morgan fingerprint density at radius 1 is 1.43 bits per heavy atom. The molecule has 14 heavy (non-hydrogen) atoms. The fourth-order valence-corrected chi connectivity index (χ4v) is 1.32. The van der Waals surface area contributed by atoms with Crippen molar-refractivity contribution < 1.29 is 5.11 Å². The highest BCUT2D eigenvalue weighted by atomic mass is 16.3. The third-order valence-corrected chi connectivity index (χ3v) is 2.08. The lowest BCUT2D eigenvalue weighted by Crippen LogP contribution is -2.26. The summed E-state index contributed by atoms with van der Waals surface area (Å²) in [5, 5.41) is 12.7. The van der Waals surface area contributed by atoms with Crippen molar-refractivity contribution in [2.75, 3.05) is 6.54 Å². The van der Waals surface area contributed by atoms with Crippen LogP contribution in [0.2, 0.25) is 0 Å². The van der Waals surface area contributed by atoms with Gasteiger partial charge in [-0.25, -0.2) is 0 Å². The van der Waals surface area contributed by atoms with Crippen molar-refractivity contribution >= 4 is 0 Å². The Morgan fingerprint density at radius 3 is 2.79 bits per heavy atom. The molecule has 1 atom stereocenters. The summed E-state index contributed by atoms with van der Waals surface area (Å²) in [5.41, 5.74) is 1.20. The van der Waals surface area contributed by atoms with E-state index in [0.29, 0.717) is 6.54 Å². The minimum absolute atomic E-state index is 0.221. The number of aliphatic hydroxyl groups is 1. The number of nitrogens with zero attached hydrogens (tertiary/aromatic N) is 1. The predicted octanol–water partition coefficient (Wildman–Crippen LogP) is 1.33. The molecular weight excluding hydrogens is 176 g/mol. The molecule has 0 bridgehead atoms. The first-order valence-electron chi connectivity index (χ1n) is 5.10. The Kier molecular flexibility index (Phi) is 5.19. The summed E-state index contributed by atoms with van der Waals surface area (Å²) in [6.45, 7) is 3.53. The number of aromatic nitrogens is 1. The fourth-order valence-electron chi connectivity index (χ4n) is 1.32. The molecule has 3 nitrogen and oxygen atoms in total. The SMILES string of the molecule is CCCC(O)CNCc1ccncc1. The van der Waals surface area contributed by atoms with E-state index in [1.165, 1.54) is 5.56 Å². The van der Waals surface area contributed by atoms with Crippen molar-refractivity contribution in [1.82, 2.24) is 10.3 Å². The molecule has 3 heteroatoms. The molecule has 0 saturated heterocycles. The summed E-state index contributed by atoms with van der Waals surface area (Å²) in [4.78, 5) is 3.94. The van der Waals surface area contributed by atoms with Crippen LogP contribution < -0.4 is 5.32 Å². The molecule has 0 aromatic carbocycles. The highest BCUT2D eigenvalue weighted by molar-refractivity contribution is 5.08. The Morgan fingerprint density at radius 2 is 2.14 bits per heavy atom. The Labute approximate surface area is 85.2 Å². The van der Waals surface area contributed by atoms with Crippen LogP contribution in [0.15, 0.2) is 24.5 Å². The van der Waals surface area contributed by atoms with Gasteiger partial charge in [-0.1, -0.05) is 13.3 Å². The number of hydrogen-bond donors (Lipinski definition) is 2. The molecule has 1 rings (SSSR count). The summed E-state index contributed by atoms with van der Waals surface area (Å²) < 4.78 is 0. The van der Waals surface area contributed by atoms with Gasteiger partial charge >= 0.3 is 0 Å². The van der Waals surface area contributed by atoms with Gasteiger partial charge in [0.15, 0.2) is 0 Å². The molecule has 0 amide bonds. The predicted molar refractivity (Wildman–Crippen MR) is 56.9 cm³/mol. The smallest absolute Gasteiger partial charge is 0.0664 e. The Bertz CT molecular complexity index is 238. The van der Waals surface area contributed by atoms with Gasteiger partial charge in [0.05, 0.1) is 6.10 Å². The van der Waals surface area contributed by atoms with Gasteiger partial charge in [0.2, 0.25) is 0 Å². The lowest BCUT2D eigenvalue weighted by Gasteiger charge is -2.10. The van der Waals surface area contributed by atoms with Crippen LogP contribution in [0.25, 0.3) is 0 Å². The molecule has 2 N–H and O–H groups in total. The number of pyridine rings is 1. The van der Waals surface area contributed by atoms with E-state index in [9.17, 15) is 5.11 Å². The molecule has 0 aliphatic carbocycles. The minimum atomic E-state index is -0.221. The van der Waals surface area contributed by atoms with Gasteiger partial charge in [0.25, 0.3) is 0 Å². The Hall–Kier alpha value is -0.930. The van der Waals surface area contributed by atoms with Gasteiger partial charge < -0.3 is 10.4 Å². The van der Waals surface area contributed by atoms with Crippen LogP contribution in [0.3, 0.4) is 0 Å². The highest BCUT2D eigenvalue weighted by Gasteiger charge is 2.00. The number of rotatable bonds is 6. The monoisotopic (exact) mass is 194 g/mol. The van der Waals surface area contributed by atoms with Crippen molar-refractivity contribution in [1.29, 1.82) is 0 Å². The lowest BCUT2D eigenvalue weighted by molar-refractivity contribution is 0.160. The van der Waals surface area contributed by atoms with Crippen LogP contribution in [0.1, 0.15) is 25.3 Å². The zero-order chi connectivity index (χ0) is 10.2. The minimum Gasteiger partial charge on any atom is -0.392 e. The quantitative estimate of drug-likeness (QED) is 0.718. The summed E-state index contributed by atoms with van der Waals surface area (Å²) in [6.07, 6.45) is 5.22. The van der Waals surface area contributed by atoms with Crippen LogP contribution in [0.4, 0.5) is 0 Å². The zero-order valence-corrected chi connectivity index (χ0v) is 8.61. The number of hydrogen-bond acceptors (Lipinski definition) is 3. The molecule has 0 radical (unpaired) electrons. The summed E-state index contributed by atoms with van der Waals surface area (Å²) in [7, 11) is 0. The molecule has 0 saturated carbocycles. The standard InChI is InChI=1S/C11H18N2O/c1-2-3-11(14)9-13-8-10-4-6-12-7-5-10/h4-7,11,13-14H,2-3,8-9H2,1H3. The first-order chi connectivity index (χ1) is 6.83. The maximum Gasteiger partial charge on any atom is 0.0664 e. The molecule has 1 unspecified atom stereocenters. The maximum atomic E-state index is 9.45. The van der Waals surface area contributed by atoms with Gasteiger partial charge in [-0.2, -0.15) is 0 Å². The maximum absolute atomic E-state index is 9.45. The molecule has 0 aliphatic rings. The zero-order valence-electron chi connectivity index (χ0n) is 8.61. The van der Waals surface area contributed by atoms with E-state index in [2.05, 4.69) is 17.2 Å². The largest absolute Gasteiger partial charge is 0.392 e. The molecule has 78 valence electrons. The van der Waals surface area contributed by atoms with Crippen molar-refractivity contribution in [3.05, 3.63) is 30.1 Å². The second-order valence-electron chi connectivity index (χ2n) is 3.43. The Balaban J connectivity index is 2.16. The van der Waals surface area contributed by atoms with Crippen LogP contribution in [-0.2, 0) is 6.54 Å². The molecule has 0 aliphatic heterocycles. The molecule has 0 spiro atoms. The van der Waals surface area contributed by atoms with Crippen LogP contribution in [0, 0.1) is 0 Å². The van der Waals surface area contributed by atoms with E-state index < -0.39 is 0 Å². The molecular formula is C11H18N2O. The topological polar surface area (TPSA) is 45.1 Å². The molecule has 1 aromatic rings. The van der Waals surface area contributed by atoms with E-state index in [4.69, 9.17) is 0 Å². The normalized spacial score (nSPS) is 12.7. The molecule has 1 heterocycles. The van der Waals surface area contributed by atoms with E-state index in [-0.39, 0.29) is 6.10 Å². The van der Waals surface area contributed by atoms with Crippen molar-refractivity contribution in [3.63, 3.8) is 0 Å². The highest BCUT2D eigenvalue weighted by Crippen LogP contribution is 1.97. The van der Waals surface area contributed by atoms with Gasteiger partial charge in [-0.05, 0) is 24.1 Å². The second-order valence-corrected chi connectivity index (χ2v) is 3.43. The number of aliphatic hydroxyl groups excluding tert-OH is 1. The van der Waals surface area contributed by atoms with Crippen molar-refractivity contribution in [2.24, 2.45) is 0 Å². The van der Waals surface area contributed by atoms with Gasteiger partial charge in [0.1, 0.15) is 0 Å². The fraction of sp³-hybridized carbons (Fsp3) is 0.545. The van der Waals surface area contributed by atoms with E-state index in [0.717, 1.165) is 19.4 Å². The first-order valence-corrected chi connectivity index (χ1v) is 5.10. The van der Waals surface area contributed by atoms with Crippen LogP contribution in [0.5, 0.6) is 0 Å². The van der Waals surface area contributed by atoms with E-state index >= 15 is 0 Å². The van der Waals surface area contributed by atoms with Crippen molar-refractivity contribution in [3.8, 4) is 0 Å². The molecule has 1 aromatic heterocycles.